The Balaban J connectivity index is 2.07. The van der Waals surface area contributed by atoms with Crippen LogP contribution in [0.3, 0.4) is 0 Å². The van der Waals surface area contributed by atoms with E-state index in [1.54, 1.807) is 6.92 Å². The molecule has 8 heteroatoms. The Hall–Kier alpha value is -2.06. The average molecular weight is 368 g/mol. The van der Waals surface area contributed by atoms with Crippen LogP contribution in [0.2, 0.25) is 0 Å². The van der Waals surface area contributed by atoms with Crippen LogP contribution in [0.4, 0.5) is 0 Å². The number of carbonyl (C=O) groups excluding carboxylic acids is 1. The SMILES string of the molecule is CCOc1cccc2cc(C(C)NC(=O)C(N)CCS(C)(=O)=O)oc12. The second-order valence-corrected chi connectivity index (χ2v) is 8.27. The standard InChI is InChI=1S/C17H24N2O5S/c1-4-23-14-7-5-6-12-10-15(24-16(12)14)11(2)19-17(20)13(18)8-9-25(3,21)22/h5-7,10-11,13H,4,8-9,18H2,1-3H3,(H,19,20). The number of nitrogens with two attached hydrogens (primary N) is 1. The number of hydrogen-bond donors (Lipinski definition) is 2. The summed E-state index contributed by atoms with van der Waals surface area (Å²) in [4.78, 5) is 12.1. The molecule has 0 spiro atoms. The molecule has 1 heterocycles. The Bertz CT molecular complexity index is 844. The number of ether oxygens (including phenoxy) is 1. The predicted octanol–water partition coefficient (Wildman–Crippen LogP) is 1.77. The highest BCUT2D eigenvalue weighted by molar-refractivity contribution is 7.90. The van der Waals surface area contributed by atoms with E-state index in [0.29, 0.717) is 23.7 Å². The molecule has 0 saturated heterocycles. The van der Waals surface area contributed by atoms with E-state index in [4.69, 9.17) is 14.9 Å². The number of sulfone groups is 1. The van der Waals surface area contributed by atoms with E-state index in [-0.39, 0.29) is 12.2 Å². The van der Waals surface area contributed by atoms with Crippen molar-refractivity contribution in [1.82, 2.24) is 5.32 Å². The number of fused-ring (bicyclic) bond motifs is 1. The van der Waals surface area contributed by atoms with Gasteiger partial charge >= 0.3 is 0 Å². The Kier molecular flexibility index (Phi) is 6.07. The second-order valence-electron chi connectivity index (χ2n) is 6.01. The molecule has 0 saturated carbocycles. The van der Waals surface area contributed by atoms with Gasteiger partial charge in [0.1, 0.15) is 15.6 Å². The van der Waals surface area contributed by atoms with E-state index < -0.39 is 27.8 Å². The molecule has 0 fully saturated rings. The van der Waals surface area contributed by atoms with Gasteiger partial charge in [-0.25, -0.2) is 8.42 Å². The number of amides is 1. The number of rotatable bonds is 8. The van der Waals surface area contributed by atoms with Gasteiger partial charge in [0.25, 0.3) is 0 Å². The van der Waals surface area contributed by atoms with Gasteiger partial charge in [-0.05, 0) is 32.4 Å². The van der Waals surface area contributed by atoms with Crippen LogP contribution in [-0.2, 0) is 14.6 Å². The second kappa shape index (κ2) is 7.88. The van der Waals surface area contributed by atoms with Crippen LogP contribution in [0.25, 0.3) is 11.0 Å². The highest BCUT2D eigenvalue weighted by Crippen LogP contribution is 2.31. The molecule has 0 bridgehead atoms. The first kappa shape index (κ1) is 19.3. The van der Waals surface area contributed by atoms with E-state index in [1.165, 1.54) is 0 Å². The Morgan fingerprint density at radius 1 is 1.40 bits per heavy atom. The number of carbonyl (C=O) groups is 1. The summed E-state index contributed by atoms with van der Waals surface area (Å²) in [5, 5.41) is 3.63. The quantitative estimate of drug-likeness (QED) is 0.734. The van der Waals surface area contributed by atoms with Crippen molar-refractivity contribution in [2.24, 2.45) is 5.73 Å². The molecular weight excluding hydrogens is 344 g/mol. The van der Waals surface area contributed by atoms with Crippen molar-refractivity contribution in [2.45, 2.75) is 32.4 Å². The summed E-state index contributed by atoms with van der Waals surface area (Å²) in [6, 6.07) is 6.14. The third-order valence-corrected chi connectivity index (χ3v) is 4.73. The van der Waals surface area contributed by atoms with Crippen molar-refractivity contribution in [3.8, 4) is 5.75 Å². The summed E-state index contributed by atoms with van der Waals surface area (Å²) in [5.74, 6) is 0.681. The van der Waals surface area contributed by atoms with Gasteiger partial charge in [0.05, 0.1) is 24.4 Å². The fourth-order valence-electron chi connectivity index (χ4n) is 2.40. The average Bonchev–Trinajstić information content (AvgIpc) is 2.97. The van der Waals surface area contributed by atoms with Gasteiger partial charge in [-0.3, -0.25) is 4.79 Å². The molecule has 2 unspecified atom stereocenters. The summed E-state index contributed by atoms with van der Waals surface area (Å²) in [6.07, 6.45) is 1.19. The van der Waals surface area contributed by atoms with Crippen LogP contribution in [0.5, 0.6) is 5.75 Å². The maximum Gasteiger partial charge on any atom is 0.237 e. The van der Waals surface area contributed by atoms with Crippen molar-refractivity contribution in [3.63, 3.8) is 0 Å². The minimum Gasteiger partial charge on any atom is -0.490 e. The van der Waals surface area contributed by atoms with Crippen molar-refractivity contribution < 1.29 is 22.4 Å². The molecule has 0 aliphatic rings. The van der Waals surface area contributed by atoms with Gasteiger partial charge in [0.2, 0.25) is 5.91 Å². The zero-order valence-corrected chi connectivity index (χ0v) is 15.4. The molecule has 7 nitrogen and oxygen atoms in total. The molecule has 25 heavy (non-hydrogen) atoms. The molecule has 0 aliphatic heterocycles. The minimum absolute atomic E-state index is 0.0754. The fourth-order valence-corrected chi connectivity index (χ4v) is 3.08. The molecule has 1 aromatic carbocycles. The summed E-state index contributed by atoms with van der Waals surface area (Å²) >= 11 is 0. The lowest BCUT2D eigenvalue weighted by molar-refractivity contribution is -0.123. The van der Waals surface area contributed by atoms with Gasteiger partial charge in [-0.15, -0.1) is 0 Å². The third kappa shape index (κ3) is 5.20. The first-order valence-electron chi connectivity index (χ1n) is 8.10. The zero-order chi connectivity index (χ0) is 18.6. The molecule has 1 amide bonds. The Morgan fingerprint density at radius 3 is 2.76 bits per heavy atom. The third-order valence-electron chi connectivity index (χ3n) is 3.75. The molecule has 138 valence electrons. The predicted molar refractivity (Wildman–Crippen MR) is 96.2 cm³/mol. The Labute approximate surface area is 147 Å². The lowest BCUT2D eigenvalue weighted by Gasteiger charge is -2.15. The molecule has 3 N–H and O–H groups in total. The van der Waals surface area contributed by atoms with Crippen molar-refractivity contribution in [2.75, 3.05) is 18.6 Å². The van der Waals surface area contributed by atoms with E-state index in [2.05, 4.69) is 5.32 Å². The first-order valence-corrected chi connectivity index (χ1v) is 10.2. The van der Waals surface area contributed by atoms with Crippen molar-refractivity contribution >= 4 is 26.7 Å². The molecule has 2 rings (SSSR count). The molecule has 0 aliphatic carbocycles. The summed E-state index contributed by atoms with van der Waals surface area (Å²) in [6.45, 7) is 4.19. The largest absolute Gasteiger partial charge is 0.490 e. The van der Waals surface area contributed by atoms with E-state index >= 15 is 0 Å². The van der Waals surface area contributed by atoms with Crippen LogP contribution >= 0.6 is 0 Å². The summed E-state index contributed by atoms with van der Waals surface area (Å²) in [7, 11) is -3.15. The summed E-state index contributed by atoms with van der Waals surface area (Å²) < 4.78 is 33.7. The lowest BCUT2D eigenvalue weighted by atomic mass is 10.2. The van der Waals surface area contributed by atoms with Crippen LogP contribution in [0.15, 0.2) is 28.7 Å². The normalized spacial score (nSPS) is 14.2. The van der Waals surface area contributed by atoms with Gasteiger partial charge in [-0.1, -0.05) is 12.1 Å². The number of furan rings is 1. The number of benzene rings is 1. The Morgan fingerprint density at radius 2 is 2.12 bits per heavy atom. The molecular formula is C17H24N2O5S. The van der Waals surface area contributed by atoms with Gasteiger partial charge < -0.3 is 20.2 Å². The van der Waals surface area contributed by atoms with Crippen LogP contribution in [0, 0.1) is 0 Å². The summed E-state index contributed by atoms with van der Waals surface area (Å²) in [5.41, 5.74) is 6.39. The topological polar surface area (TPSA) is 112 Å². The van der Waals surface area contributed by atoms with Gasteiger partial charge in [-0.2, -0.15) is 0 Å². The lowest BCUT2D eigenvalue weighted by Crippen LogP contribution is -2.42. The zero-order valence-electron chi connectivity index (χ0n) is 14.6. The minimum atomic E-state index is -3.15. The number of hydrogen-bond acceptors (Lipinski definition) is 6. The van der Waals surface area contributed by atoms with Crippen molar-refractivity contribution in [1.29, 1.82) is 0 Å². The van der Waals surface area contributed by atoms with E-state index in [9.17, 15) is 13.2 Å². The smallest absolute Gasteiger partial charge is 0.237 e. The molecule has 0 radical (unpaired) electrons. The fraction of sp³-hybridized carbons (Fsp3) is 0.471. The first-order chi connectivity index (χ1) is 11.7. The highest BCUT2D eigenvalue weighted by Gasteiger charge is 2.21. The van der Waals surface area contributed by atoms with Crippen molar-refractivity contribution in [3.05, 3.63) is 30.0 Å². The van der Waals surface area contributed by atoms with Gasteiger partial charge in [0, 0.05) is 11.6 Å². The maximum atomic E-state index is 12.1. The van der Waals surface area contributed by atoms with E-state index in [0.717, 1.165) is 11.6 Å². The monoisotopic (exact) mass is 368 g/mol. The number of para-hydroxylation sites is 1. The van der Waals surface area contributed by atoms with Crippen LogP contribution in [0.1, 0.15) is 32.1 Å². The van der Waals surface area contributed by atoms with Gasteiger partial charge in [0.15, 0.2) is 11.3 Å². The maximum absolute atomic E-state index is 12.1. The van der Waals surface area contributed by atoms with Crippen LogP contribution < -0.4 is 15.8 Å². The van der Waals surface area contributed by atoms with E-state index in [1.807, 2.05) is 31.2 Å². The number of nitrogens with one attached hydrogen (secondary N) is 1. The van der Waals surface area contributed by atoms with Crippen LogP contribution in [-0.4, -0.2) is 39.0 Å². The molecule has 1 aromatic heterocycles. The highest BCUT2D eigenvalue weighted by atomic mass is 32.2. The molecule has 2 atom stereocenters. The molecule has 2 aromatic rings.